The molecule has 4 heteroatoms. The second-order valence-corrected chi connectivity index (χ2v) is 5.78. The van der Waals surface area contributed by atoms with Crippen molar-refractivity contribution in [1.82, 2.24) is 15.3 Å². The van der Waals surface area contributed by atoms with Crippen LogP contribution in [-0.2, 0) is 16.8 Å². The Morgan fingerprint density at radius 1 is 1.21 bits per heavy atom. The Balaban J connectivity index is 3.04. The third-order valence-corrected chi connectivity index (χ3v) is 3.57. The zero-order valence-electron chi connectivity index (χ0n) is 13.3. The molecular weight excluding hydrogens is 238 g/mol. The highest BCUT2D eigenvalue weighted by molar-refractivity contribution is 5.26. The first-order valence-corrected chi connectivity index (χ1v) is 6.86. The van der Waals surface area contributed by atoms with Gasteiger partial charge in [-0.2, -0.15) is 0 Å². The number of hydrogen-bond donors (Lipinski definition) is 1. The first-order chi connectivity index (χ1) is 8.81. The van der Waals surface area contributed by atoms with Crippen molar-refractivity contribution in [3.63, 3.8) is 0 Å². The van der Waals surface area contributed by atoms with E-state index in [4.69, 9.17) is 4.74 Å². The van der Waals surface area contributed by atoms with Crippen LogP contribution in [0.4, 0.5) is 0 Å². The standard InChI is InChI=1S/C15H27N3O/c1-10(9-16-6)8-13-11(2)17-14(18-12(13)3)15(4,5)19-7/h10,16H,8-9H2,1-7H3. The molecule has 0 aliphatic rings. The molecule has 0 fully saturated rings. The van der Waals surface area contributed by atoms with Crippen LogP contribution in [-0.4, -0.2) is 30.7 Å². The van der Waals surface area contributed by atoms with Crippen molar-refractivity contribution >= 4 is 0 Å². The van der Waals surface area contributed by atoms with Crippen molar-refractivity contribution in [2.75, 3.05) is 20.7 Å². The van der Waals surface area contributed by atoms with E-state index in [1.54, 1.807) is 7.11 Å². The molecule has 1 unspecified atom stereocenters. The number of nitrogens with one attached hydrogen (secondary N) is 1. The second kappa shape index (κ2) is 6.44. The summed E-state index contributed by atoms with van der Waals surface area (Å²) in [6.45, 7) is 11.3. The Bertz CT molecular complexity index is 406. The van der Waals surface area contributed by atoms with Gasteiger partial charge in [-0.15, -0.1) is 0 Å². The summed E-state index contributed by atoms with van der Waals surface area (Å²) in [4.78, 5) is 9.27. The molecule has 0 saturated heterocycles. The molecule has 0 saturated carbocycles. The first kappa shape index (κ1) is 16.1. The molecule has 108 valence electrons. The highest BCUT2D eigenvalue weighted by Crippen LogP contribution is 2.23. The van der Waals surface area contributed by atoms with Gasteiger partial charge in [0.25, 0.3) is 0 Å². The SMILES string of the molecule is CNCC(C)Cc1c(C)nc(C(C)(C)OC)nc1C. The molecule has 1 aromatic heterocycles. The van der Waals surface area contributed by atoms with Gasteiger partial charge in [-0.1, -0.05) is 6.92 Å². The predicted octanol–water partition coefficient (Wildman–Crippen LogP) is 2.37. The number of rotatable bonds is 6. The van der Waals surface area contributed by atoms with Crippen molar-refractivity contribution < 1.29 is 4.74 Å². The number of aromatic nitrogens is 2. The minimum absolute atomic E-state index is 0.440. The summed E-state index contributed by atoms with van der Waals surface area (Å²) in [6.07, 6.45) is 1.01. The molecule has 1 rings (SSSR count). The molecule has 4 nitrogen and oxygen atoms in total. The van der Waals surface area contributed by atoms with Crippen LogP contribution < -0.4 is 5.32 Å². The second-order valence-electron chi connectivity index (χ2n) is 5.78. The van der Waals surface area contributed by atoms with Gasteiger partial charge in [-0.25, -0.2) is 9.97 Å². The topological polar surface area (TPSA) is 47.0 Å². The minimum atomic E-state index is -0.440. The molecule has 19 heavy (non-hydrogen) atoms. The Kier molecular flexibility index (Phi) is 5.44. The van der Waals surface area contributed by atoms with E-state index in [1.807, 2.05) is 20.9 Å². The lowest BCUT2D eigenvalue weighted by Gasteiger charge is -2.23. The van der Waals surface area contributed by atoms with E-state index in [1.165, 1.54) is 5.56 Å². The van der Waals surface area contributed by atoms with E-state index < -0.39 is 5.60 Å². The molecule has 0 aliphatic heterocycles. The average molecular weight is 265 g/mol. The highest BCUT2D eigenvalue weighted by atomic mass is 16.5. The van der Waals surface area contributed by atoms with E-state index in [0.717, 1.165) is 30.2 Å². The maximum atomic E-state index is 5.46. The smallest absolute Gasteiger partial charge is 0.160 e. The van der Waals surface area contributed by atoms with Gasteiger partial charge in [0, 0.05) is 18.5 Å². The fraction of sp³-hybridized carbons (Fsp3) is 0.733. The Hall–Kier alpha value is -1.00. The number of methoxy groups -OCH3 is 1. The third-order valence-electron chi connectivity index (χ3n) is 3.57. The van der Waals surface area contributed by atoms with Crippen molar-refractivity contribution in [2.45, 2.75) is 46.6 Å². The monoisotopic (exact) mass is 265 g/mol. The maximum Gasteiger partial charge on any atom is 0.160 e. The van der Waals surface area contributed by atoms with Crippen LogP contribution in [0.2, 0.25) is 0 Å². The zero-order chi connectivity index (χ0) is 14.6. The van der Waals surface area contributed by atoms with Crippen molar-refractivity contribution in [3.05, 3.63) is 22.8 Å². The van der Waals surface area contributed by atoms with Gasteiger partial charge in [0.15, 0.2) is 5.82 Å². The lowest BCUT2D eigenvalue weighted by atomic mass is 9.98. The minimum Gasteiger partial charge on any atom is -0.371 e. The summed E-state index contributed by atoms with van der Waals surface area (Å²) < 4.78 is 5.46. The summed E-state index contributed by atoms with van der Waals surface area (Å²) >= 11 is 0. The predicted molar refractivity (Wildman–Crippen MR) is 78.3 cm³/mol. The van der Waals surface area contributed by atoms with Crippen molar-refractivity contribution in [2.24, 2.45) is 5.92 Å². The molecule has 0 bridgehead atoms. The maximum absolute atomic E-state index is 5.46. The van der Waals surface area contributed by atoms with Crippen molar-refractivity contribution in [3.8, 4) is 0 Å². The summed E-state index contributed by atoms with van der Waals surface area (Å²) in [5.74, 6) is 1.34. The Labute approximate surface area is 117 Å². The van der Waals surface area contributed by atoms with Gasteiger partial charge >= 0.3 is 0 Å². The number of nitrogens with zero attached hydrogens (tertiary/aromatic N) is 2. The van der Waals surface area contributed by atoms with Gasteiger partial charge in [-0.3, -0.25) is 0 Å². The third kappa shape index (κ3) is 3.98. The summed E-state index contributed by atoms with van der Waals surface area (Å²) in [7, 11) is 3.67. The normalized spacial score (nSPS) is 13.6. The van der Waals surface area contributed by atoms with Gasteiger partial charge in [0.1, 0.15) is 5.60 Å². The van der Waals surface area contributed by atoms with Crippen LogP contribution in [0.25, 0.3) is 0 Å². The van der Waals surface area contributed by atoms with E-state index >= 15 is 0 Å². The Morgan fingerprint density at radius 2 is 1.74 bits per heavy atom. The van der Waals surface area contributed by atoms with Crippen LogP contribution in [0.3, 0.4) is 0 Å². The molecule has 1 aromatic rings. The molecule has 1 N–H and O–H groups in total. The van der Waals surface area contributed by atoms with Crippen LogP contribution >= 0.6 is 0 Å². The highest BCUT2D eigenvalue weighted by Gasteiger charge is 2.25. The number of hydrogen-bond acceptors (Lipinski definition) is 4. The molecule has 0 aliphatic carbocycles. The quantitative estimate of drug-likeness (QED) is 0.858. The van der Waals surface area contributed by atoms with Gasteiger partial charge in [-0.05, 0) is 59.2 Å². The largest absolute Gasteiger partial charge is 0.371 e. The Morgan fingerprint density at radius 3 is 2.16 bits per heavy atom. The van der Waals surface area contributed by atoms with Gasteiger partial charge < -0.3 is 10.1 Å². The van der Waals surface area contributed by atoms with E-state index in [0.29, 0.717) is 5.92 Å². The van der Waals surface area contributed by atoms with Gasteiger partial charge in [0.05, 0.1) is 0 Å². The number of ether oxygens (including phenoxy) is 1. The fourth-order valence-corrected chi connectivity index (χ4v) is 2.16. The zero-order valence-corrected chi connectivity index (χ0v) is 13.3. The molecule has 0 spiro atoms. The molecule has 0 aromatic carbocycles. The van der Waals surface area contributed by atoms with Crippen LogP contribution in [0, 0.1) is 19.8 Å². The molecular formula is C15H27N3O. The molecule has 0 radical (unpaired) electrons. The average Bonchev–Trinajstić information content (AvgIpc) is 2.33. The summed E-state index contributed by atoms with van der Waals surface area (Å²) in [5.41, 5.74) is 2.95. The summed E-state index contributed by atoms with van der Waals surface area (Å²) in [6, 6.07) is 0. The van der Waals surface area contributed by atoms with Crippen LogP contribution in [0.5, 0.6) is 0 Å². The lowest BCUT2D eigenvalue weighted by molar-refractivity contribution is 0.0111. The fourth-order valence-electron chi connectivity index (χ4n) is 2.16. The molecule has 1 atom stereocenters. The molecule has 1 heterocycles. The first-order valence-electron chi connectivity index (χ1n) is 6.86. The van der Waals surface area contributed by atoms with E-state index in [9.17, 15) is 0 Å². The van der Waals surface area contributed by atoms with E-state index in [2.05, 4.69) is 36.1 Å². The van der Waals surface area contributed by atoms with Crippen molar-refractivity contribution in [1.29, 1.82) is 0 Å². The van der Waals surface area contributed by atoms with Crippen LogP contribution in [0.15, 0.2) is 0 Å². The van der Waals surface area contributed by atoms with Gasteiger partial charge in [0.2, 0.25) is 0 Å². The lowest BCUT2D eigenvalue weighted by Crippen LogP contribution is -2.25. The summed E-state index contributed by atoms with van der Waals surface area (Å²) in [5, 5.41) is 3.21. The van der Waals surface area contributed by atoms with E-state index in [-0.39, 0.29) is 0 Å². The number of aryl methyl sites for hydroxylation is 2. The van der Waals surface area contributed by atoms with Crippen LogP contribution in [0.1, 0.15) is 43.5 Å². The molecule has 0 amide bonds.